The van der Waals surface area contributed by atoms with Crippen LogP contribution in [0.3, 0.4) is 0 Å². The lowest BCUT2D eigenvalue weighted by atomic mass is 10.1. The monoisotopic (exact) mass is 294 g/mol. The van der Waals surface area contributed by atoms with Gasteiger partial charge in [0.25, 0.3) is 5.88 Å². The molecule has 0 saturated carbocycles. The lowest BCUT2D eigenvalue weighted by molar-refractivity contribution is 0.0284. The third kappa shape index (κ3) is 4.51. The molecular weight excluding hydrogens is 272 g/mol. The van der Waals surface area contributed by atoms with Crippen molar-refractivity contribution in [3.8, 4) is 11.6 Å². The van der Waals surface area contributed by atoms with E-state index in [-0.39, 0.29) is 23.6 Å². The molecule has 1 aliphatic heterocycles. The molecule has 6 heteroatoms. The van der Waals surface area contributed by atoms with E-state index in [1.165, 1.54) is 6.07 Å². The number of nitrogens with zero attached hydrogens (tertiary/aromatic N) is 2. The minimum atomic E-state index is -0.481. The summed E-state index contributed by atoms with van der Waals surface area (Å²) in [5.74, 6) is 0.478. The standard InChI is InChI=1S/C15H22N2O4/c1-15(2,3)21-14(19)17-8-6-11(9-17)10-20-13-12(18)5-4-7-16-13/h4-5,7,11,18H,6,8-10H2,1-3H3. The molecule has 0 aliphatic carbocycles. The van der Waals surface area contributed by atoms with Gasteiger partial charge < -0.3 is 19.5 Å². The minimum absolute atomic E-state index is 0.0273. The maximum atomic E-state index is 11.9. The molecule has 116 valence electrons. The fraction of sp³-hybridized carbons (Fsp3) is 0.600. The van der Waals surface area contributed by atoms with Gasteiger partial charge in [0, 0.05) is 25.2 Å². The first-order chi connectivity index (χ1) is 9.85. The van der Waals surface area contributed by atoms with Crippen LogP contribution < -0.4 is 4.74 Å². The minimum Gasteiger partial charge on any atom is -0.503 e. The van der Waals surface area contributed by atoms with Gasteiger partial charge in [-0.1, -0.05) is 0 Å². The van der Waals surface area contributed by atoms with Crippen molar-refractivity contribution in [3.63, 3.8) is 0 Å². The van der Waals surface area contributed by atoms with Gasteiger partial charge in [0.2, 0.25) is 0 Å². The molecule has 1 fully saturated rings. The topological polar surface area (TPSA) is 71.9 Å². The Morgan fingerprint density at radius 1 is 1.52 bits per heavy atom. The number of ether oxygens (including phenoxy) is 2. The van der Waals surface area contributed by atoms with Crippen LogP contribution in [-0.2, 0) is 4.74 Å². The van der Waals surface area contributed by atoms with Crippen LogP contribution >= 0.6 is 0 Å². The van der Waals surface area contributed by atoms with Crippen molar-refractivity contribution in [1.82, 2.24) is 9.88 Å². The lowest BCUT2D eigenvalue weighted by Gasteiger charge is -2.24. The highest BCUT2D eigenvalue weighted by atomic mass is 16.6. The largest absolute Gasteiger partial charge is 0.503 e. The first-order valence-corrected chi connectivity index (χ1v) is 7.10. The summed E-state index contributed by atoms with van der Waals surface area (Å²) in [5, 5.41) is 9.58. The van der Waals surface area contributed by atoms with Crippen molar-refractivity contribution in [1.29, 1.82) is 0 Å². The van der Waals surface area contributed by atoms with Crippen molar-refractivity contribution >= 4 is 6.09 Å². The second kappa shape index (κ2) is 6.20. The van der Waals surface area contributed by atoms with E-state index in [0.29, 0.717) is 19.7 Å². The van der Waals surface area contributed by atoms with Gasteiger partial charge in [-0.15, -0.1) is 0 Å². The van der Waals surface area contributed by atoms with Crippen LogP contribution in [0.5, 0.6) is 11.6 Å². The number of amides is 1. The molecule has 2 rings (SSSR count). The molecule has 1 N–H and O–H groups in total. The quantitative estimate of drug-likeness (QED) is 0.927. The van der Waals surface area contributed by atoms with Crippen LogP contribution in [0.2, 0.25) is 0 Å². The van der Waals surface area contributed by atoms with Gasteiger partial charge in [0.05, 0.1) is 6.61 Å². The van der Waals surface area contributed by atoms with E-state index in [9.17, 15) is 9.90 Å². The van der Waals surface area contributed by atoms with Crippen LogP contribution in [0, 0.1) is 5.92 Å². The molecule has 0 radical (unpaired) electrons. The zero-order chi connectivity index (χ0) is 15.5. The molecule has 1 saturated heterocycles. The summed E-state index contributed by atoms with van der Waals surface area (Å²) in [6.45, 7) is 7.24. The molecule has 1 amide bonds. The Kier molecular flexibility index (Phi) is 4.55. The van der Waals surface area contributed by atoms with Crippen molar-refractivity contribution in [2.45, 2.75) is 32.8 Å². The molecule has 2 heterocycles. The molecule has 1 aromatic rings. The zero-order valence-electron chi connectivity index (χ0n) is 12.7. The van der Waals surface area contributed by atoms with Crippen LogP contribution in [0.25, 0.3) is 0 Å². The Balaban J connectivity index is 1.80. The fourth-order valence-corrected chi connectivity index (χ4v) is 2.15. The molecule has 0 aromatic carbocycles. The Labute approximate surface area is 124 Å². The Hall–Kier alpha value is -1.98. The van der Waals surface area contributed by atoms with Gasteiger partial charge in [-0.2, -0.15) is 0 Å². The highest BCUT2D eigenvalue weighted by Crippen LogP contribution is 2.24. The number of hydrogen-bond donors (Lipinski definition) is 1. The smallest absolute Gasteiger partial charge is 0.410 e. The summed E-state index contributed by atoms with van der Waals surface area (Å²) in [6.07, 6.45) is 2.13. The second-order valence-corrected chi connectivity index (χ2v) is 6.22. The van der Waals surface area contributed by atoms with E-state index >= 15 is 0 Å². The van der Waals surface area contributed by atoms with Gasteiger partial charge >= 0.3 is 6.09 Å². The third-order valence-corrected chi connectivity index (χ3v) is 3.14. The number of pyridine rings is 1. The first kappa shape index (κ1) is 15.4. The predicted molar refractivity (Wildman–Crippen MR) is 77.3 cm³/mol. The molecule has 0 spiro atoms. The summed E-state index contributed by atoms with van der Waals surface area (Å²) in [6, 6.07) is 3.17. The molecule has 6 nitrogen and oxygen atoms in total. The average molecular weight is 294 g/mol. The van der Waals surface area contributed by atoms with E-state index in [4.69, 9.17) is 9.47 Å². The third-order valence-electron chi connectivity index (χ3n) is 3.14. The van der Waals surface area contributed by atoms with Gasteiger partial charge in [-0.3, -0.25) is 0 Å². The van der Waals surface area contributed by atoms with Gasteiger partial charge in [0.15, 0.2) is 5.75 Å². The van der Waals surface area contributed by atoms with Crippen LogP contribution in [0.15, 0.2) is 18.3 Å². The number of aromatic hydroxyl groups is 1. The highest BCUT2D eigenvalue weighted by molar-refractivity contribution is 5.68. The van der Waals surface area contributed by atoms with Crippen LogP contribution in [0.4, 0.5) is 4.79 Å². The average Bonchev–Trinajstić information content (AvgIpc) is 2.85. The number of carbonyl (C=O) groups excluding carboxylic acids is 1. The fourth-order valence-electron chi connectivity index (χ4n) is 2.15. The summed E-state index contributed by atoms with van der Waals surface area (Å²) < 4.78 is 10.9. The van der Waals surface area contributed by atoms with E-state index in [2.05, 4.69) is 4.98 Å². The zero-order valence-corrected chi connectivity index (χ0v) is 12.7. The van der Waals surface area contributed by atoms with E-state index in [1.807, 2.05) is 20.8 Å². The summed E-state index contributed by atoms with van der Waals surface area (Å²) >= 11 is 0. The van der Waals surface area contributed by atoms with Crippen molar-refractivity contribution in [2.24, 2.45) is 5.92 Å². The maximum absolute atomic E-state index is 11.9. The van der Waals surface area contributed by atoms with Gasteiger partial charge in [0.1, 0.15) is 5.60 Å². The molecule has 1 aromatic heterocycles. The van der Waals surface area contributed by atoms with Crippen LogP contribution in [-0.4, -0.2) is 46.4 Å². The van der Waals surface area contributed by atoms with E-state index in [1.54, 1.807) is 17.2 Å². The van der Waals surface area contributed by atoms with Gasteiger partial charge in [-0.05, 0) is 39.3 Å². The SMILES string of the molecule is CC(C)(C)OC(=O)N1CCC(COc2ncccc2O)C1. The van der Waals surface area contributed by atoms with E-state index in [0.717, 1.165) is 6.42 Å². The van der Waals surface area contributed by atoms with E-state index < -0.39 is 5.60 Å². The number of hydrogen-bond acceptors (Lipinski definition) is 5. The second-order valence-electron chi connectivity index (χ2n) is 6.22. The number of aromatic nitrogens is 1. The van der Waals surface area contributed by atoms with Crippen molar-refractivity contribution in [3.05, 3.63) is 18.3 Å². The molecular formula is C15H22N2O4. The summed E-state index contributed by atoms with van der Waals surface area (Å²) in [4.78, 5) is 17.6. The molecule has 1 aliphatic rings. The molecule has 1 atom stereocenters. The Morgan fingerprint density at radius 2 is 2.29 bits per heavy atom. The summed E-state index contributed by atoms with van der Waals surface area (Å²) in [5.41, 5.74) is -0.481. The first-order valence-electron chi connectivity index (χ1n) is 7.10. The van der Waals surface area contributed by atoms with Crippen molar-refractivity contribution < 1.29 is 19.4 Å². The van der Waals surface area contributed by atoms with Gasteiger partial charge in [-0.25, -0.2) is 9.78 Å². The molecule has 21 heavy (non-hydrogen) atoms. The number of carbonyl (C=O) groups is 1. The predicted octanol–water partition coefficient (Wildman–Crippen LogP) is 2.42. The summed E-state index contributed by atoms with van der Waals surface area (Å²) in [7, 11) is 0. The van der Waals surface area contributed by atoms with Crippen LogP contribution in [0.1, 0.15) is 27.2 Å². The Bertz CT molecular complexity index is 499. The Morgan fingerprint density at radius 3 is 2.95 bits per heavy atom. The molecule has 1 unspecified atom stereocenters. The van der Waals surface area contributed by atoms with Crippen molar-refractivity contribution in [2.75, 3.05) is 19.7 Å². The maximum Gasteiger partial charge on any atom is 0.410 e. The normalized spacial score (nSPS) is 18.6. The highest BCUT2D eigenvalue weighted by Gasteiger charge is 2.30. The molecule has 0 bridgehead atoms. The lowest BCUT2D eigenvalue weighted by Crippen LogP contribution is -2.35. The number of rotatable bonds is 3. The number of likely N-dealkylation sites (tertiary alicyclic amines) is 1.